The summed E-state index contributed by atoms with van der Waals surface area (Å²) in [5.74, 6) is -0.390. The number of carbonyl (C=O) groups excluding carboxylic acids is 1. The van der Waals surface area contributed by atoms with Crippen molar-refractivity contribution in [2.24, 2.45) is 0 Å². The summed E-state index contributed by atoms with van der Waals surface area (Å²) in [6.45, 7) is 0.137. The fraction of sp³-hybridized carbons (Fsp3) is 0.500. The van der Waals surface area contributed by atoms with E-state index in [4.69, 9.17) is 4.74 Å². The molecule has 0 saturated heterocycles. The predicted molar refractivity (Wildman–Crippen MR) is 87.7 cm³/mol. The second-order valence-corrected chi connectivity index (χ2v) is 7.06. The molecular formula is C14H23N3O4S. The van der Waals surface area contributed by atoms with Gasteiger partial charge in [-0.2, -0.15) is 4.31 Å². The molecule has 0 spiro atoms. The largest absolute Gasteiger partial charge is 0.383 e. The SMILES string of the molecule is COCCN(CC(=O)Nc1ccc(N(C)C)cc1)S(C)(=O)=O. The quantitative estimate of drug-likeness (QED) is 0.755. The number of ether oxygens (including phenoxy) is 1. The van der Waals surface area contributed by atoms with Crippen molar-refractivity contribution in [3.8, 4) is 0 Å². The van der Waals surface area contributed by atoms with Gasteiger partial charge in [0.15, 0.2) is 0 Å². The molecule has 0 aliphatic heterocycles. The molecule has 1 rings (SSSR count). The van der Waals surface area contributed by atoms with Gasteiger partial charge in [0.2, 0.25) is 15.9 Å². The molecule has 0 atom stereocenters. The van der Waals surface area contributed by atoms with E-state index in [0.29, 0.717) is 5.69 Å². The van der Waals surface area contributed by atoms with E-state index in [1.165, 1.54) is 7.11 Å². The molecule has 124 valence electrons. The van der Waals surface area contributed by atoms with Gasteiger partial charge in [0.05, 0.1) is 19.4 Å². The summed E-state index contributed by atoms with van der Waals surface area (Å²) in [5.41, 5.74) is 1.63. The number of sulfonamides is 1. The Morgan fingerprint density at radius 3 is 2.27 bits per heavy atom. The zero-order chi connectivity index (χ0) is 16.8. The van der Waals surface area contributed by atoms with E-state index in [-0.39, 0.29) is 25.6 Å². The highest BCUT2D eigenvalue weighted by Crippen LogP contribution is 2.15. The first kappa shape index (κ1) is 18.4. The van der Waals surface area contributed by atoms with Crippen LogP contribution in [-0.2, 0) is 19.6 Å². The summed E-state index contributed by atoms with van der Waals surface area (Å²) >= 11 is 0. The van der Waals surface area contributed by atoms with Crippen molar-refractivity contribution in [1.82, 2.24) is 4.31 Å². The van der Waals surface area contributed by atoms with E-state index in [1.807, 2.05) is 31.1 Å². The first-order valence-electron chi connectivity index (χ1n) is 6.75. The van der Waals surface area contributed by atoms with Gasteiger partial charge in [-0.1, -0.05) is 0 Å². The standard InChI is InChI=1S/C14H23N3O4S/c1-16(2)13-7-5-12(6-8-13)15-14(18)11-17(9-10-21-3)22(4,19)20/h5-8H,9-11H2,1-4H3,(H,15,18). The van der Waals surface area contributed by atoms with Gasteiger partial charge >= 0.3 is 0 Å². The molecule has 7 nitrogen and oxygen atoms in total. The van der Waals surface area contributed by atoms with Crippen LogP contribution in [0.15, 0.2) is 24.3 Å². The average molecular weight is 329 g/mol. The second kappa shape index (κ2) is 8.11. The zero-order valence-corrected chi connectivity index (χ0v) is 14.2. The highest BCUT2D eigenvalue weighted by molar-refractivity contribution is 7.88. The number of nitrogens with one attached hydrogen (secondary N) is 1. The van der Waals surface area contributed by atoms with Crippen LogP contribution >= 0.6 is 0 Å². The Labute approximate surface area is 131 Å². The van der Waals surface area contributed by atoms with Crippen molar-refractivity contribution in [2.45, 2.75) is 0 Å². The Bertz CT molecular complexity index is 585. The lowest BCUT2D eigenvalue weighted by atomic mass is 10.2. The molecule has 0 radical (unpaired) electrons. The van der Waals surface area contributed by atoms with Crippen LogP contribution in [0, 0.1) is 0 Å². The number of benzene rings is 1. The fourth-order valence-corrected chi connectivity index (χ4v) is 2.52. The van der Waals surface area contributed by atoms with Gasteiger partial charge < -0.3 is 15.0 Å². The Morgan fingerprint density at radius 2 is 1.82 bits per heavy atom. The number of carbonyl (C=O) groups is 1. The fourth-order valence-electron chi connectivity index (χ4n) is 1.76. The number of methoxy groups -OCH3 is 1. The number of hydrogen-bond acceptors (Lipinski definition) is 5. The minimum absolute atomic E-state index is 0.141. The predicted octanol–water partition coefficient (Wildman–Crippen LogP) is 0.599. The molecule has 0 fully saturated rings. The topological polar surface area (TPSA) is 79.0 Å². The summed E-state index contributed by atoms with van der Waals surface area (Å²) in [5, 5.41) is 2.68. The minimum atomic E-state index is -3.46. The van der Waals surface area contributed by atoms with Crippen molar-refractivity contribution in [1.29, 1.82) is 0 Å². The molecule has 0 aliphatic rings. The molecule has 0 unspecified atom stereocenters. The normalized spacial score (nSPS) is 11.5. The van der Waals surface area contributed by atoms with E-state index in [1.54, 1.807) is 12.1 Å². The van der Waals surface area contributed by atoms with Gasteiger partial charge in [-0.3, -0.25) is 4.79 Å². The molecule has 0 aromatic heterocycles. The average Bonchev–Trinajstić information content (AvgIpc) is 2.42. The maximum absolute atomic E-state index is 12.0. The molecule has 22 heavy (non-hydrogen) atoms. The van der Waals surface area contributed by atoms with Gasteiger partial charge in [0.25, 0.3) is 0 Å². The minimum Gasteiger partial charge on any atom is -0.383 e. The van der Waals surface area contributed by atoms with Crippen molar-refractivity contribution in [2.75, 3.05) is 57.4 Å². The van der Waals surface area contributed by atoms with E-state index in [9.17, 15) is 13.2 Å². The third-order valence-corrected chi connectivity index (χ3v) is 4.25. The van der Waals surface area contributed by atoms with Crippen molar-refractivity contribution >= 4 is 27.3 Å². The summed E-state index contributed by atoms with van der Waals surface area (Å²) in [6, 6.07) is 7.28. The number of anilines is 2. The lowest BCUT2D eigenvalue weighted by Crippen LogP contribution is -2.39. The summed E-state index contributed by atoms with van der Waals surface area (Å²) in [4.78, 5) is 13.9. The van der Waals surface area contributed by atoms with Crippen molar-refractivity contribution in [3.63, 3.8) is 0 Å². The monoisotopic (exact) mass is 329 g/mol. The zero-order valence-electron chi connectivity index (χ0n) is 13.4. The van der Waals surface area contributed by atoms with Gasteiger partial charge in [-0.15, -0.1) is 0 Å². The summed E-state index contributed by atoms with van der Waals surface area (Å²) < 4.78 is 29.2. The third kappa shape index (κ3) is 6.00. The molecule has 0 aliphatic carbocycles. The number of rotatable bonds is 8. The van der Waals surface area contributed by atoms with Crippen LogP contribution in [0.2, 0.25) is 0 Å². The van der Waals surface area contributed by atoms with E-state index in [0.717, 1.165) is 16.2 Å². The molecule has 1 aromatic carbocycles. The molecule has 8 heteroatoms. The smallest absolute Gasteiger partial charge is 0.239 e. The second-order valence-electron chi connectivity index (χ2n) is 5.08. The summed E-state index contributed by atoms with van der Waals surface area (Å²) in [6.07, 6.45) is 1.07. The lowest BCUT2D eigenvalue weighted by Gasteiger charge is -2.19. The van der Waals surface area contributed by atoms with E-state index < -0.39 is 10.0 Å². The van der Waals surface area contributed by atoms with E-state index >= 15 is 0 Å². The maximum atomic E-state index is 12.0. The van der Waals surface area contributed by atoms with Crippen LogP contribution in [0.25, 0.3) is 0 Å². The van der Waals surface area contributed by atoms with Crippen LogP contribution in [0.5, 0.6) is 0 Å². The molecule has 1 N–H and O–H groups in total. The Morgan fingerprint density at radius 1 is 1.23 bits per heavy atom. The Balaban J connectivity index is 2.67. The highest BCUT2D eigenvalue weighted by atomic mass is 32.2. The third-order valence-electron chi connectivity index (χ3n) is 3.00. The van der Waals surface area contributed by atoms with Crippen LogP contribution in [0.1, 0.15) is 0 Å². The molecule has 0 bridgehead atoms. The van der Waals surface area contributed by atoms with Gasteiger partial charge in [-0.25, -0.2) is 8.42 Å². The highest BCUT2D eigenvalue weighted by Gasteiger charge is 2.19. The number of nitrogens with zero attached hydrogens (tertiary/aromatic N) is 2. The Hall–Kier alpha value is -1.64. The first-order valence-corrected chi connectivity index (χ1v) is 8.60. The maximum Gasteiger partial charge on any atom is 0.239 e. The Kier molecular flexibility index (Phi) is 6.79. The molecule has 0 saturated carbocycles. The van der Waals surface area contributed by atoms with Crippen LogP contribution in [0.3, 0.4) is 0 Å². The van der Waals surface area contributed by atoms with Crippen LogP contribution in [-0.4, -0.2) is 65.8 Å². The van der Waals surface area contributed by atoms with E-state index in [2.05, 4.69) is 5.32 Å². The summed E-state index contributed by atoms with van der Waals surface area (Å²) in [7, 11) is 1.87. The molecule has 1 amide bonds. The molecular weight excluding hydrogens is 306 g/mol. The van der Waals surface area contributed by atoms with Crippen LogP contribution in [0.4, 0.5) is 11.4 Å². The van der Waals surface area contributed by atoms with Crippen molar-refractivity contribution in [3.05, 3.63) is 24.3 Å². The van der Waals surface area contributed by atoms with Gasteiger partial charge in [-0.05, 0) is 24.3 Å². The van der Waals surface area contributed by atoms with Gasteiger partial charge in [0.1, 0.15) is 0 Å². The number of amides is 1. The van der Waals surface area contributed by atoms with Crippen molar-refractivity contribution < 1.29 is 17.9 Å². The molecule has 0 heterocycles. The van der Waals surface area contributed by atoms with Gasteiger partial charge in [0, 0.05) is 39.1 Å². The lowest BCUT2D eigenvalue weighted by molar-refractivity contribution is -0.116. The first-order chi connectivity index (χ1) is 10.2. The number of hydrogen-bond donors (Lipinski definition) is 1. The van der Waals surface area contributed by atoms with Crippen LogP contribution < -0.4 is 10.2 Å². The molecule has 1 aromatic rings.